The molecule has 0 radical (unpaired) electrons. The Balaban J connectivity index is 2.42. The van der Waals surface area contributed by atoms with Crippen molar-refractivity contribution in [2.75, 3.05) is 21.2 Å². The summed E-state index contributed by atoms with van der Waals surface area (Å²) < 4.78 is 7.12. The van der Waals surface area contributed by atoms with Crippen LogP contribution in [0.25, 0.3) is 0 Å². The number of ether oxygens (including phenoxy) is 1. The van der Waals surface area contributed by atoms with Gasteiger partial charge in [0.15, 0.2) is 5.75 Å². The number of rotatable bonds is 5. The van der Waals surface area contributed by atoms with Gasteiger partial charge in [0.25, 0.3) is 0 Å². The lowest BCUT2D eigenvalue weighted by molar-refractivity contribution is 0.0499. The van der Waals surface area contributed by atoms with E-state index in [4.69, 9.17) is 4.74 Å². The van der Waals surface area contributed by atoms with Crippen LogP contribution in [-0.2, 0) is 6.54 Å². The summed E-state index contributed by atoms with van der Waals surface area (Å²) in [5.41, 5.74) is 0.190. The normalized spacial score (nSPS) is 26.1. The van der Waals surface area contributed by atoms with Gasteiger partial charge in [0, 0.05) is 6.54 Å². The van der Waals surface area contributed by atoms with Crippen LogP contribution in [0.5, 0.6) is 5.75 Å². The molecule has 5 heteroatoms. The highest BCUT2D eigenvalue weighted by Gasteiger charge is 2.45. The zero-order chi connectivity index (χ0) is 15.6. The van der Waals surface area contributed by atoms with E-state index in [0.29, 0.717) is 23.9 Å². The first kappa shape index (κ1) is 16.0. The highest BCUT2D eigenvalue weighted by molar-refractivity contribution is 6.04. The molecule has 21 heavy (non-hydrogen) atoms. The van der Waals surface area contributed by atoms with Crippen LogP contribution in [0.15, 0.2) is 6.20 Å². The maximum atomic E-state index is 13.3. The second-order valence-electron chi connectivity index (χ2n) is 6.31. The van der Waals surface area contributed by atoms with Crippen LogP contribution in [0.4, 0.5) is 0 Å². The van der Waals surface area contributed by atoms with E-state index < -0.39 is 5.54 Å². The Bertz CT molecular complexity index is 478. The van der Waals surface area contributed by atoms with Gasteiger partial charge in [-0.3, -0.25) is 14.4 Å². The molecule has 2 rings (SSSR count). The number of likely N-dealkylation sites (N-methyl/N-ethyl adjacent to an activating group) is 1. The van der Waals surface area contributed by atoms with Crippen LogP contribution in [0.3, 0.4) is 0 Å². The zero-order valence-corrected chi connectivity index (χ0v) is 13.8. The van der Waals surface area contributed by atoms with Gasteiger partial charge in [0.2, 0.25) is 5.78 Å². The summed E-state index contributed by atoms with van der Waals surface area (Å²) in [6, 6.07) is 0. The van der Waals surface area contributed by atoms with Crippen molar-refractivity contribution in [1.29, 1.82) is 0 Å². The van der Waals surface area contributed by atoms with Gasteiger partial charge in [-0.05, 0) is 52.6 Å². The van der Waals surface area contributed by atoms with Crippen molar-refractivity contribution < 1.29 is 9.53 Å². The smallest absolute Gasteiger partial charge is 0.204 e. The number of carbonyl (C=O) groups excluding carboxylic acids is 1. The van der Waals surface area contributed by atoms with Gasteiger partial charge in [-0.15, -0.1) is 0 Å². The second-order valence-corrected chi connectivity index (χ2v) is 6.31. The highest BCUT2D eigenvalue weighted by Crippen LogP contribution is 2.39. The zero-order valence-electron chi connectivity index (χ0n) is 13.8. The fourth-order valence-corrected chi connectivity index (χ4v) is 3.32. The predicted molar refractivity (Wildman–Crippen MR) is 82.8 cm³/mol. The fourth-order valence-electron chi connectivity index (χ4n) is 3.32. The van der Waals surface area contributed by atoms with Gasteiger partial charge >= 0.3 is 0 Å². The molecule has 0 saturated heterocycles. The molecule has 0 aliphatic heterocycles. The van der Waals surface area contributed by atoms with E-state index in [-0.39, 0.29) is 5.78 Å². The number of hydrogen-bond donors (Lipinski definition) is 0. The average molecular weight is 293 g/mol. The first-order valence-electron chi connectivity index (χ1n) is 7.78. The molecule has 0 unspecified atom stereocenters. The van der Waals surface area contributed by atoms with Gasteiger partial charge in [-0.1, -0.05) is 6.92 Å². The number of nitrogens with zero attached hydrogens (tertiary/aromatic N) is 3. The number of ketones is 1. The molecular weight excluding hydrogens is 266 g/mol. The van der Waals surface area contributed by atoms with Crippen molar-refractivity contribution >= 4 is 5.78 Å². The van der Waals surface area contributed by atoms with E-state index in [9.17, 15) is 4.79 Å². The summed E-state index contributed by atoms with van der Waals surface area (Å²) in [6.07, 6.45) is 5.63. The van der Waals surface area contributed by atoms with E-state index in [1.807, 2.05) is 21.0 Å². The maximum Gasteiger partial charge on any atom is 0.204 e. The predicted octanol–water partition coefficient (Wildman–Crippen LogP) is 2.60. The number of hydrogen-bond acceptors (Lipinski definition) is 4. The molecule has 0 atom stereocenters. The van der Waals surface area contributed by atoms with Gasteiger partial charge in [0.05, 0.1) is 18.8 Å². The van der Waals surface area contributed by atoms with Crippen molar-refractivity contribution in [2.24, 2.45) is 5.92 Å². The van der Waals surface area contributed by atoms with E-state index in [0.717, 1.165) is 25.7 Å². The number of aryl methyl sites for hydroxylation is 1. The summed E-state index contributed by atoms with van der Waals surface area (Å²) in [7, 11) is 5.61. The summed E-state index contributed by atoms with van der Waals surface area (Å²) >= 11 is 0. The van der Waals surface area contributed by atoms with Crippen LogP contribution in [0.2, 0.25) is 0 Å². The maximum absolute atomic E-state index is 13.3. The number of methoxy groups -OCH3 is 1. The lowest BCUT2D eigenvalue weighted by Gasteiger charge is -2.43. The van der Waals surface area contributed by atoms with Crippen LogP contribution < -0.4 is 4.74 Å². The monoisotopic (exact) mass is 293 g/mol. The number of carbonyl (C=O) groups is 1. The Morgan fingerprint density at radius 2 is 2.10 bits per heavy atom. The summed E-state index contributed by atoms with van der Waals surface area (Å²) in [4.78, 5) is 15.4. The molecule has 0 bridgehead atoms. The van der Waals surface area contributed by atoms with Crippen molar-refractivity contribution in [1.82, 2.24) is 14.7 Å². The Morgan fingerprint density at radius 3 is 2.57 bits per heavy atom. The minimum absolute atomic E-state index is 0.149. The fraction of sp³-hybridized carbons (Fsp3) is 0.750. The minimum Gasteiger partial charge on any atom is -0.493 e. The Morgan fingerprint density at radius 1 is 1.48 bits per heavy atom. The van der Waals surface area contributed by atoms with Crippen LogP contribution in [0, 0.1) is 5.92 Å². The molecule has 1 heterocycles. The van der Waals surface area contributed by atoms with Crippen LogP contribution >= 0.6 is 0 Å². The van der Waals surface area contributed by atoms with Crippen LogP contribution in [-0.4, -0.2) is 47.2 Å². The molecule has 0 N–H and O–H groups in total. The summed E-state index contributed by atoms with van der Waals surface area (Å²) in [5.74, 6) is 1.43. The van der Waals surface area contributed by atoms with Gasteiger partial charge < -0.3 is 4.74 Å². The SMILES string of the molecule is CCn1ncc(OC)c1C(=O)C1(N(C)C)CCC(C)CC1. The second kappa shape index (κ2) is 6.18. The lowest BCUT2D eigenvalue weighted by Crippen LogP contribution is -2.53. The van der Waals surface area contributed by atoms with Gasteiger partial charge in [0.1, 0.15) is 5.69 Å². The molecule has 1 aliphatic rings. The van der Waals surface area contributed by atoms with Crippen molar-refractivity contribution in [3.05, 3.63) is 11.9 Å². The largest absolute Gasteiger partial charge is 0.493 e. The molecule has 1 saturated carbocycles. The van der Waals surface area contributed by atoms with Gasteiger partial charge in [-0.2, -0.15) is 5.10 Å². The Kier molecular flexibility index (Phi) is 4.71. The minimum atomic E-state index is -0.424. The molecule has 0 aromatic carbocycles. The van der Waals surface area contributed by atoms with Crippen molar-refractivity contribution in [2.45, 2.75) is 51.6 Å². The highest BCUT2D eigenvalue weighted by atomic mass is 16.5. The molecule has 1 fully saturated rings. The van der Waals surface area contributed by atoms with E-state index >= 15 is 0 Å². The molecule has 0 amide bonds. The van der Waals surface area contributed by atoms with E-state index in [1.165, 1.54) is 0 Å². The topological polar surface area (TPSA) is 47.4 Å². The third kappa shape index (κ3) is 2.71. The quantitative estimate of drug-likeness (QED) is 0.783. The molecule has 1 aliphatic carbocycles. The van der Waals surface area contributed by atoms with E-state index in [1.54, 1.807) is 18.0 Å². The average Bonchev–Trinajstić information content (AvgIpc) is 2.90. The molecule has 1 aromatic rings. The summed E-state index contributed by atoms with van der Waals surface area (Å²) in [5, 5.41) is 4.28. The number of Topliss-reactive ketones (excluding diaryl/α,β-unsaturated/α-hetero) is 1. The standard InChI is InChI=1S/C16H27N3O2/c1-6-19-14(13(21-5)11-17-19)15(20)16(18(3)4)9-7-12(2)8-10-16/h11-12H,6-10H2,1-5H3. The summed E-state index contributed by atoms with van der Waals surface area (Å²) in [6.45, 7) is 4.93. The van der Waals surface area contributed by atoms with Gasteiger partial charge in [-0.25, -0.2) is 0 Å². The van der Waals surface area contributed by atoms with E-state index in [2.05, 4.69) is 16.9 Å². The van der Waals surface area contributed by atoms with Crippen molar-refractivity contribution in [3.8, 4) is 5.75 Å². The molecule has 5 nitrogen and oxygen atoms in total. The van der Waals surface area contributed by atoms with Crippen molar-refractivity contribution in [3.63, 3.8) is 0 Å². The Labute approximate surface area is 127 Å². The lowest BCUT2D eigenvalue weighted by atomic mass is 9.73. The van der Waals surface area contributed by atoms with Crippen LogP contribution in [0.1, 0.15) is 50.0 Å². The number of aromatic nitrogens is 2. The Hall–Kier alpha value is -1.36. The molecule has 1 aromatic heterocycles. The molecule has 118 valence electrons. The first-order valence-corrected chi connectivity index (χ1v) is 7.78. The molecular formula is C16H27N3O2. The molecule has 0 spiro atoms. The third-order valence-corrected chi connectivity index (χ3v) is 4.92. The third-order valence-electron chi connectivity index (χ3n) is 4.92. The first-order chi connectivity index (χ1) is 9.96.